The quantitative estimate of drug-likeness (QED) is 0.743. The molecule has 0 aromatic carbocycles. The predicted molar refractivity (Wildman–Crippen MR) is 68.0 cm³/mol. The van der Waals surface area contributed by atoms with Gasteiger partial charge in [0.15, 0.2) is 6.29 Å². The first kappa shape index (κ1) is 12.4. The first-order valence-corrected chi connectivity index (χ1v) is 7.20. The van der Waals surface area contributed by atoms with Crippen molar-refractivity contribution in [3.05, 3.63) is 0 Å². The third-order valence-electron chi connectivity index (χ3n) is 3.39. The smallest absolute Gasteiger partial charge is 0.158 e. The van der Waals surface area contributed by atoms with E-state index >= 15 is 0 Å². The number of rotatable bonds is 5. The van der Waals surface area contributed by atoms with Crippen LogP contribution in [0.25, 0.3) is 0 Å². The van der Waals surface area contributed by atoms with E-state index in [1.807, 2.05) is 11.8 Å². The molecule has 2 heterocycles. The Balaban J connectivity index is 1.95. The van der Waals surface area contributed by atoms with Gasteiger partial charge in [-0.15, -0.1) is 11.8 Å². The van der Waals surface area contributed by atoms with Crippen LogP contribution in [0.2, 0.25) is 0 Å². The minimum Gasteiger partial charge on any atom is -0.350 e. The Kier molecular flexibility index (Phi) is 4.67. The summed E-state index contributed by atoms with van der Waals surface area (Å²) < 4.78 is 11.1. The zero-order valence-electron chi connectivity index (χ0n) is 10.1. The van der Waals surface area contributed by atoms with Crippen LogP contribution in [0.15, 0.2) is 4.99 Å². The molecule has 2 aliphatic rings. The lowest BCUT2D eigenvalue weighted by molar-refractivity contribution is -0.0551. The number of hydrogen-bond donors (Lipinski definition) is 0. The molecule has 0 aromatic heterocycles. The van der Waals surface area contributed by atoms with E-state index in [0.29, 0.717) is 11.8 Å². The second-order valence-electron chi connectivity index (χ2n) is 4.47. The van der Waals surface area contributed by atoms with Crippen LogP contribution in [0, 0.1) is 11.8 Å². The van der Waals surface area contributed by atoms with Gasteiger partial charge in [-0.05, 0) is 5.92 Å². The molecule has 2 atom stereocenters. The van der Waals surface area contributed by atoms with E-state index in [1.165, 1.54) is 11.5 Å². The molecule has 3 nitrogen and oxygen atoms in total. The van der Waals surface area contributed by atoms with Crippen molar-refractivity contribution >= 4 is 16.8 Å². The molecule has 0 saturated carbocycles. The third kappa shape index (κ3) is 2.99. The van der Waals surface area contributed by atoms with Crippen molar-refractivity contribution in [3.63, 3.8) is 0 Å². The summed E-state index contributed by atoms with van der Waals surface area (Å²) in [7, 11) is 0. The molecule has 16 heavy (non-hydrogen) atoms. The molecule has 2 unspecified atom stereocenters. The molecule has 0 N–H and O–H groups in total. The van der Waals surface area contributed by atoms with E-state index < -0.39 is 0 Å². The molecule has 2 aliphatic heterocycles. The highest BCUT2D eigenvalue weighted by Gasteiger charge is 2.29. The monoisotopic (exact) mass is 243 g/mol. The van der Waals surface area contributed by atoms with Crippen molar-refractivity contribution in [2.24, 2.45) is 16.8 Å². The van der Waals surface area contributed by atoms with Gasteiger partial charge in [0.05, 0.1) is 18.3 Å². The van der Waals surface area contributed by atoms with Crippen molar-refractivity contribution in [1.82, 2.24) is 0 Å². The molecular formula is C12H21NO2S. The van der Waals surface area contributed by atoms with Crippen LogP contribution in [0.4, 0.5) is 0 Å². The first-order chi connectivity index (χ1) is 7.81. The van der Waals surface area contributed by atoms with E-state index in [1.54, 1.807) is 0 Å². The summed E-state index contributed by atoms with van der Waals surface area (Å²) in [6, 6.07) is 0. The number of thioether (sulfide) groups is 1. The second kappa shape index (κ2) is 6.03. The third-order valence-corrected chi connectivity index (χ3v) is 4.51. The van der Waals surface area contributed by atoms with Gasteiger partial charge < -0.3 is 9.47 Å². The highest BCUT2D eigenvalue weighted by molar-refractivity contribution is 8.14. The minimum atomic E-state index is 0.00269. The maximum Gasteiger partial charge on any atom is 0.158 e. The molecule has 92 valence electrons. The summed E-state index contributed by atoms with van der Waals surface area (Å²) in [5.74, 6) is 2.34. The van der Waals surface area contributed by atoms with Crippen LogP contribution in [-0.4, -0.2) is 36.8 Å². The van der Waals surface area contributed by atoms with E-state index in [-0.39, 0.29) is 6.29 Å². The molecule has 2 rings (SSSR count). The molecule has 0 spiro atoms. The lowest BCUT2D eigenvalue weighted by atomic mass is 9.89. The van der Waals surface area contributed by atoms with Gasteiger partial charge in [-0.25, -0.2) is 0 Å². The van der Waals surface area contributed by atoms with E-state index in [9.17, 15) is 0 Å². The largest absolute Gasteiger partial charge is 0.350 e. The van der Waals surface area contributed by atoms with Gasteiger partial charge in [-0.2, -0.15) is 0 Å². The Bertz CT molecular complexity index is 251. The van der Waals surface area contributed by atoms with Gasteiger partial charge in [0.25, 0.3) is 0 Å². The van der Waals surface area contributed by atoms with Gasteiger partial charge in [0.1, 0.15) is 0 Å². The normalized spacial score (nSPS) is 25.8. The van der Waals surface area contributed by atoms with Crippen LogP contribution in [0.5, 0.6) is 0 Å². The summed E-state index contributed by atoms with van der Waals surface area (Å²) in [4.78, 5) is 4.62. The Morgan fingerprint density at radius 2 is 2.19 bits per heavy atom. The molecule has 1 fully saturated rings. The maximum atomic E-state index is 5.55. The Morgan fingerprint density at radius 3 is 2.75 bits per heavy atom. The highest BCUT2D eigenvalue weighted by atomic mass is 32.2. The molecule has 0 aliphatic carbocycles. The van der Waals surface area contributed by atoms with Crippen molar-refractivity contribution in [3.8, 4) is 0 Å². The lowest BCUT2D eigenvalue weighted by Crippen LogP contribution is -2.24. The van der Waals surface area contributed by atoms with Crippen molar-refractivity contribution in [1.29, 1.82) is 0 Å². The summed E-state index contributed by atoms with van der Waals surface area (Å²) in [6.45, 7) is 7.03. The topological polar surface area (TPSA) is 30.8 Å². The van der Waals surface area contributed by atoms with Gasteiger partial charge in [0.2, 0.25) is 0 Å². The predicted octanol–water partition coefficient (Wildman–Crippen LogP) is 2.56. The number of ether oxygens (including phenoxy) is 2. The second-order valence-corrected chi connectivity index (χ2v) is 5.58. The molecule has 0 aromatic rings. The average Bonchev–Trinajstić information content (AvgIpc) is 2.97. The van der Waals surface area contributed by atoms with Crippen molar-refractivity contribution in [2.45, 2.75) is 33.0 Å². The van der Waals surface area contributed by atoms with E-state index in [4.69, 9.17) is 9.47 Å². The van der Waals surface area contributed by atoms with Crippen molar-refractivity contribution in [2.75, 3.05) is 25.5 Å². The minimum absolute atomic E-state index is 0.00269. The molecule has 1 saturated heterocycles. The van der Waals surface area contributed by atoms with Gasteiger partial charge in [-0.1, -0.05) is 20.3 Å². The summed E-state index contributed by atoms with van der Waals surface area (Å²) >= 11 is 1.92. The Labute approximate surface area is 102 Å². The molecule has 0 amide bonds. The van der Waals surface area contributed by atoms with Crippen LogP contribution in [0.1, 0.15) is 26.7 Å². The molecule has 0 bridgehead atoms. The summed E-state index contributed by atoms with van der Waals surface area (Å²) in [6.07, 6.45) is 2.17. The Hall–Kier alpha value is -0.0600. The SMILES string of the molecule is CCC(C)C(CC1OCCO1)C1=NCCS1. The standard InChI is InChI=1S/C12H21NO2S/c1-3-9(2)10(12-13-4-7-16-12)8-11-14-5-6-15-11/h9-11H,3-8H2,1-2H3. The number of hydrogen-bond acceptors (Lipinski definition) is 4. The van der Waals surface area contributed by atoms with E-state index in [2.05, 4.69) is 18.8 Å². The van der Waals surface area contributed by atoms with Crippen molar-refractivity contribution < 1.29 is 9.47 Å². The van der Waals surface area contributed by atoms with Crippen LogP contribution in [0.3, 0.4) is 0 Å². The van der Waals surface area contributed by atoms with Gasteiger partial charge in [0, 0.05) is 24.6 Å². The van der Waals surface area contributed by atoms with Gasteiger partial charge in [-0.3, -0.25) is 4.99 Å². The summed E-state index contributed by atoms with van der Waals surface area (Å²) in [5.41, 5.74) is 0. The zero-order valence-corrected chi connectivity index (χ0v) is 11.0. The summed E-state index contributed by atoms with van der Waals surface area (Å²) in [5, 5.41) is 1.33. The van der Waals surface area contributed by atoms with Crippen LogP contribution in [-0.2, 0) is 9.47 Å². The Morgan fingerprint density at radius 1 is 1.44 bits per heavy atom. The highest BCUT2D eigenvalue weighted by Crippen LogP contribution is 2.31. The van der Waals surface area contributed by atoms with Crippen LogP contribution >= 0.6 is 11.8 Å². The first-order valence-electron chi connectivity index (χ1n) is 6.21. The lowest BCUT2D eigenvalue weighted by Gasteiger charge is -2.24. The molecule has 0 radical (unpaired) electrons. The fraction of sp³-hybridized carbons (Fsp3) is 0.917. The zero-order chi connectivity index (χ0) is 11.4. The maximum absolute atomic E-state index is 5.55. The van der Waals surface area contributed by atoms with Gasteiger partial charge >= 0.3 is 0 Å². The number of aliphatic imine (C=N–C) groups is 1. The van der Waals surface area contributed by atoms with E-state index in [0.717, 1.165) is 31.9 Å². The molecular weight excluding hydrogens is 222 g/mol. The fourth-order valence-corrected chi connectivity index (χ4v) is 3.30. The molecule has 4 heteroatoms. The average molecular weight is 243 g/mol. The van der Waals surface area contributed by atoms with Crippen LogP contribution < -0.4 is 0 Å². The fourth-order valence-electron chi connectivity index (χ4n) is 2.19. The number of nitrogens with zero attached hydrogens (tertiary/aromatic N) is 1.